The maximum atomic E-state index is 13.7. The van der Waals surface area contributed by atoms with Gasteiger partial charge < -0.3 is 9.64 Å². The van der Waals surface area contributed by atoms with E-state index in [1.54, 1.807) is 30.5 Å². The van der Waals surface area contributed by atoms with Crippen molar-refractivity contribution in [3.63, 3.8) is 0 Å². The van der Waals surface area contributed by atoms with Gasteiger partial charge in [0.15, 0.2) is 0 Å². The highest BCUT2D eigenvalue weighted by atomic mass is 35.5. The number of amides is 3. The highest BCUT2D eigenvalue weighted by molar-refractivity contribution is 6.32. The van der Waals surface area contributed by atoms with Crippen molar-refractivity contribution >= 4 is 29.3 Å². The maximum Gasteiger partial charge on any atom is 0.241 e. The lowest BCUT2D eigenvalue weighted by Crippen LogP contribution is -2.46. The summed E-state index contributed by atoms with van der Waals surface area (Å²) in [6, 6.07) is 12.5. The zero-order valence-electron chi connectivity index (χ0n) is 18.7. The Morgan fingerprint density at radius 3 is 2.70 bits per heavy atom. The lowest BCUT2D eigenvalue weighted by atomic mass is 9.75. The van der Waals surface area contributed by atoms with E-state index in [0.717, 1.165) is 25.0 Å². The quantitative estimate of drug-likeness (QED) is 0.579. The van der Waals surface area contributed by atoms with Crippen LogP contribution in [-0.2, 0) is 24.5 Å². The molecule has 1 aromatic carbocycles. The molecule has 2 fully saturated rings. The third-order valence-corrected chi connectivity index (χ3v) is 6.95. The molecule has 1 aromatic heterocycles. The van der Waals surface area contributed by atoms with E-state index in [-0.39, 0.29) is 43.8 Å². The molecule has 2 saturated heterocycles. The van der Waals surface area contributed by atoms with Crippen LogP contribution in [0.2, 0.25) is 5.02 Å². The summed E-state index contributed by atoms with van der Waals surface area (Å²) in [6.07, 6.45) is 4.23. The summed E-state index contributed by atoms with van der Waals surface area (Å²) in [5, 5.41) is 0.375. The lowest BCUT2D eigenvalue weighted by molar-refractivity contribution is -0.144. The predicted molar refractivity (Wildman–Crippen MR) is 124 cm³/mol. The van der Waals surface area contributed by atoms with Crippen LogP contribution in [0.15, 0.2) is 48.7 Å². The molecule has 174 valence electrons. The monoisotopic (exact) mass is 469 g/mol. The highest BCUT2D eigenvalue weighted by Gasteiger charge is 2.55. The van der Waals surface area contributed by atoms with E-state index in [9.17, 15) is 14.4 Å². The molecule has 2 aromatic rings. The Balaban J connectivity index is 1.69. The summed E-state index contributed by atoms with van der Waals surface area (Å²) in [5.41, 5.74) is 0.0318. The van der Waals surface area contributed by atoms with Crippen LogP contribution >= 0.6 is 11.6 Å². The summed E-state index contributed by atoms with van der Waals surface area (Å²) >= 11 is 6.51. The normalized spacial score (nSPS) is 23.3. The number of rotatable bonds is 7. The lowest BCUT2D eigenvalue weighted by Gasteiger charge is -2.38. The first-order chi connectivity index (χ1) is 16.0. The van der Waals surface area contributed by atoms with Crippen LogP contribution < -0.4 is 0 Å². The average Bonchev–Trinajstić information content (AvgIpc) is 3.07. The van der Waals surface area contributed by atoms with Crippen molar-refractivity contribution in [1.29, 1.82) is 0 Å². The minimum atomic E-state index is -1.33. The number of hydrogen-bond donors (Lipinski definition) is 0. The molecule has 33 heavy (non-hydrogen) atoms. The Morgan fingerprint density at radius 1 is 1.18 bits per heavy atom. The third-order valence-electron chi connectivity index (χ3n) is 6.62. The van der Waals surface area contributed by atoms with E-state index in [1.165, 1.54) is 12.0 Å². The van der Waals surface area contributed by atoms with E-state index >= 15 is 0 Å². The van der Waals surface area contributed by atoms with Gasteiger partial charge in [-0.3, -0.25) is 24.3 Å². The molecular weight excluding hydrogens is 442 g/mol. The summed E-state index contributed by atoms with van der Waals surface area (Å²) in [4.78, 5) is 47.8. The largest absolute Gasteiger partial charge is 0.383 e. The Bertz CT molecular complexity index is 1030. The zero-order valence-corrected chi connectivity index (χ0v) is 19.5. The van der Waals surface area contributed by atoms with Crippen molar-refractivity contribution in [2.75, 3.05) is 26.8 Å². The van der Waals surface area contributed by atoms with Crippen molar-refractivity contribution in [3.8, 4) is 0 Å². The number of carbonyl (C=O) groups excluding carboxylic acids is 3. The summed E-state index contributed by atoms with van der Waals surface area (Å²) < 4.78 is 5.08. The zero-order chi connectivity index (χ0) is 23.4. The van der Waals surface area contributed by atoms with E-state index in [1.807, 2.05) is 23.1 Å². The van der Waals surface area contributed by atoms with Crippen LogP contribution in [-0.4, -0.2) is 59.3 Å². The van der Waals surface area contributed by atoms with Gasteiger partial charge in [0.1, 0.15) is 0 Å². The minimum Gasteiger partial charge on any atom is -0.383 e. The molecule has 3 heterocycles. The molecule has 0 N–H and O–H groups in total. The van der Waals surface area contributed by atoms with Crippen LogP contribution in [0.3, 0.4) is 0 Å². The molecule has 2 aliphatic rings. The average molecular weight is 470 g/mol. The van der Waals surface area contributed by atoms with Crippen molar-refractivity contribution in [3.05, 3.63) is 64.9 Å². The van der Waals surface area contributed by atoms with E-state index in [4.69, 9.17) is 16.3 Å². The Kier molecular flexibility index (Phi) is 7.10. The number of nitrogens with zero attached hydrogens (tertiary/aromatic N) is 3. The van der Waals surface area contributed by atoms with E-state index in [0.29, 0.717) is 17.1 Å². The van der Waals surface area contributed by atoms with Crippen LogP contribution in [0, 0.1) is 0 Å². The van der Waals surface area contributed by atoms with Crippen LogP contribution in [0.1, 0.15) is 49.4 Å². The standard InChI is InChI=1S/C25H28ClN3O4/c1-33-15-14-29-23(31)17-25(24(29)32,18-8-2-3-9-19(18)26)16-22(30)28-13-7-5-11-21(28)20-10-4-6-12-27-20/h2-4,6,8-10,12,21H,5,7,11,13-17H2,1H3/t21-,25+/m1/s1. The molecule has 0 aliphatic carbocycles. The van der Waals surface area contributed by atoms with Crippen molar-refractivity contribution in [2.45, 2.75) is 43.6 Å². The molecule has 7 nitrogen and oxygen atoms in total. The number of carbonyl (C=O) groups is 3. The number of benzene rings is 1. The number of piperidine rings is 1. The summed E-state index contributed by atoms with van der Waals surface area (Å²) in [7, 11) is 1.52. The second kappa shape index (κ2) is 10.0. The van der Waals surface area contributed by atoms with Crippen LogP contribution in [0.5, 0.6) is 0 Å². The van der Waals surface area contributed by atoms with Gasteiger partial charge in [-0.2, -0.15) is 0 Å². The SMILES string of the molecule is COCCN1C(=O)C[C@@](CC(=O)N2CCCC[C@@H]2c2ccccn2)(c2ccccc2Cl)C1=O. The second-order valence-corrected chi connectivity index (χ2v) is 9.02. The number of hydrogen-bond acceptors (Lipinski definition) is 5. The van der Waals surface area contributed by atoms with E-state index < -0.39 is 11.3 Å². The fourth-order valence-electron chi connectivity index (χ4n) is 4.97. The topological polar surface area (TPSA) is 79.8 Å². The Morgan fingerprint density at radius 2 is 1.97 bits per heavy atom. The first-order valence-corrected chi connectivity index (χ1v) is 11.6. The van der Waals surface area contributed by atoms with Gasteiger partial charge in [0.05, 0.1) is 30.3 Å². The predicted octanol–water partition coefficient (Wildman–Crippen LogP) is 3.52. The molecule has 0 bridgehead atoms. The number of aromatic nitrogens is 1. The molecule has 2 aliphatic heterocycles. The van der Waals surface area contributed by atoms with Gasteiger partial charge in [-0.1, -0.05) is 35.9 Å². The Labute approximate surface area is 198 Å². The van der Waals surface area contributed by atoms with Gasteiger partial charge in [0, 0.05) is 37.7 Å². The van der Waals surface area contributed by atoms with Gasteiger partial charge in [0.2, 0.25) is 17.7 Å². The van der Waals surface area contributed by atoms with Gasteiger partial charge in [-0.25, -0.2) is 0 Å². The first kappa shape index (κ1) is 23.4. The molecule has 2 atom stereocenters. The number of ether oxygens (including phenoxy) is 1. The summed E-state index contributed by atoms with van der Waals surface area (Å²) in [5.74, 6) is -0.873. The van der Waals surface area contributed by atoms with Gasteiger partial charge in [-0.15, -0.1) is 0 Å². The molecule has 0 saturated carbocycles. The molecule has 8 heteroatoms. The fraction of sp³-hybridized carbons (Fsp3) is 0.440. The summed E-state index contributed by atoms with van der Waals surface area (Å²) in [6.45, 7) is 0.973. The van der Waals surface area contributed by atoms with Crippen molar-refractivity contribution in [2.24, 2.45) is 0 Å². The van der Waals surface area contributed by atoms with Crippen molar-refractivity contribution in [1.82, 2.24) is 14.8 Å². The number of imide groups is 1. The minimum absolute atomic E-state index is 0.0902. The van der Waals surface area contributed by atoms with Gasteiger partial charge in [0.25, 0.3) is 0 Å². The molecule has 0 unspecified atom stereocenters. The van der Waals surface area contributed by atoms with Crippen molar-refractivity contribution < 1.29 is 19.1 Å². The second-order valence-electron chi connectivity index (χ2n) is 8.61. The number of pyridine rings is 1. The van der Waals surface area contributed by atoms with E-state index in [2.05, 4.69) is 4.98 Å². The Hall–Kier alpha value is -2.77. The third kappa shape index (κ3) is 4.52. The van der Waals surface area contributed by atoms with Crippen LogP contribution in [0.4, 0.5) is 0 Å². The van der Waals surface area contributed by atoms with Gasteiger partial charge in [-0.05, 0) is 43.0 Å². The maximum absolute atomic E-state index is 13.7. The number of halogens is 1. The molecule has 3 amide bonds. The number of methoxy groups -OCH3 is 1. The molecule has 4 rings (SSSR count). The van der Waals surface area contributed by atoms with Crippen LogP contribution in [0.25, 0.3) is 0 Å². The number of likely N-dealkylation sites (tertiary alicyclic amines) is 2. The highest BCUT2D eigenvalue weighted by Crippen LogP contribution is 2.44. The van der Waals surface area contributed by atoms with Gasteiger partial charge >= 0.3 is 0 Å². The molecule has 0 spiro atoms. The molecular formula is C25H28ClN3O4. The smallest absolute Gasteiger partial charge is 0.241 e. The molecule has 0 radical (unpaired) electrons. The fourth-order valence-corrected chi connectivity index (χ4v) is 5.29. The first-order valence-electron chi connectivity index (χ1n) is 11.3.